The number of para-hydroxylation sites is 1. The molecule has 4 aromatic rings. The first-order valence-corrected chi connectivity index (χ1v) is 8.91. The summed E-state index contributed by atoms with van der Waals surface area (Å²) in [4.78, 5) is 17.0. The molecule has 4 rings (SSSR count). The topological polar surface area (TPSA) is 68.5 Å². The van der Waals surface area contributed by atoms with Crippen LogP contribution in [0, 0.1) is 0 Å². The maximum atomic E-state index is 12.7. The lowest BCUT2D eigenvalue weighted by Crippen LogP contribution is -2.37. The van der Waals surface area contributed by atoms with E-state index in [1.54, 1.807) is 36.5 Å². The third kappa shape index (κ3) is 3.70. The fraction of sp³-hybridized carbons (Fsp3) is 0.0435. The van der Waals surface area contributed by atoms with Crippen LogP contribution in [-0.4, -0.2) is 10.9 Å². The van der Waals surface area contributed by atoms with Crippen LogP contribution in [-0.2, 0) is 6.61 Å². The molecule has 0 saturated carbocycles. The van der Waals surface area contributed by atoms with E-state index in [-0.39, 0.29) is 5.91 Å². The van der Waals surface area contributed by atoms with Crippen LogP contribution in [0.25, 0.3) is 10.8 Å². The molecule has 0 aliphatic heterocycles. The molecule has 0 aliphatic carbocycles. The third-order valence-corrected chi connectivity index (χ3v) is 4.48. The number of hydrogen-bond donors (Lipinski definition) is 1. The first-order chi connectivity index (χ1) is 13.7. The predicted molar refractivity (Wildman–Crippen MR) is 110 cm³/mol. The van der Waals surface area contributed by atoms with Gasteiger partial charge in [-0.1, -0.05) is 48.5 Å². The van der Waals surface area contributed by atoms with Gasteiger partial charge in [-0.3, -0.25) is 9.78 Å². The van der Waals surface area contributed by atoms with Gasteiger partial charge in [-0.2, -0.15) is 0 Å². The van der Waals surface area contributed by atoms with E-state index < -0.39 is 0 Å². The molecule has 1 aromatic heterocycles. The van der Waals surface area contributed by atoms with E-state index in [4.69, 9.17) is 10.6 Å². The molecule has 0 aliphatic rings. The molecule has 0 fully saturated rings. The molecule has 0 saturated heterocycles. The van der Waals surface area contributed by atoms with Gasteiger partial charge in [0, 0.05) is 28.9 Å². The summed E-state index contributed by atoms with van der Waals surface area (Å²) in [5.74, 6) is 6.28. The van der Waals surface area contributed by atoms with Crippen LogP contribution in [0.4, 0.5) is 5.69 Å². The zero-order valence-electron chi connectivity index (χ0n) is 15.2. The maximum Gasteiger partial charge on any atom is 0.272 e. The fourth-order valence-electron chi connectivity index (χ4n) is 3.02. The normalized spacial score (nSPS) is 10.6. The van der Waals surface area contributed by atoms with Gasteiger partial charge in [-0.25, -0.2) is 10.9 Å². The van der Waals surface area contributed by atoms with Crippen LogP contribution in [0.15, 0.2) is 91.3 Å². The Kier molecular flexibility index (Phi) is 4.99. The number of pyridine rings is 1. The molecule has 1 heterocycles. The molecule has 3 aromatic carbocycles. The van der Waals surface area contributed by atoms with Crippen molar-refractivity contribution in [3.05, 3.63) is 102 Å². The summed E-state index contributed by atoms with van der Waals surface area (Å²) < 4.78 is 5.92. The molecule has 5 heteroatoms. The minimum atomic E-state index is -0.302. The van der Waals surface area contributed by atoms with E-state index in [0.717, 1.165) is 21.3 Å². The summed E-state index contributed by atoms with van der Waals surface area (Å²) in [6.45, 7) is 0.358. The lowest BCUT2D eigenvalue weighted by molar-refractivity contribution is 0.0986. The quantitative estimate of drug-likeness (QED) is 0.323. The van der Waals surface area contributed by atoms with Crippen molar-refractivity contribution in [3.8, 4) is 5.75 Å². The highest BCUT2D eigenvalue weighted by atomic mass is 16.5. The van der Waals surface area contributed by atoms with Gasteiger partial charge in [0.25, 0.3) is 5.91 Å². The first kappa shape index (κ1) is 17.7. The number of rotatable bonds is 5. The van der Waals surface area contributed by atoms with Gasteiger partial charge in [0.15, 0.2) is 0 Å². The van der Waals surface area contributed by atoms with E-state index in [2.05, 4.69) is 4.98 Å². The van der Waals surface area contributed by atoms with Crippen molar-refractivity contribution in [2.24, 2.45) is 5.84 Å². The van der Waals surface area contributed by atoms with E-state index >= 15 is 0 Å². The molecule has 0 spiro atoms. The molecule has 0 unspecified atom stereocenters. The zero-order valence-corrected chi connectivity index (χ0v) is 15.2. The predicted octanol–water partition coefficient (Wildman–Crippen LogP) is 4.33. The molecule has 0 radical (unpaired) electrons. The number of aromatic nitrogens is 1. The minimum absolute atomic E-state index is 0.302. The molecule has 5 nitrogen and oxygen atoms in total. The number of carbonyl (C=O) groups excluding carboxylic acids is 1. The van der Waals surface area contributed by atoms with E-state index in [1.807, 2.05) is 54.7 Å². The Hall–Kier alpha value is -3.70. The second-order valence-corrected chi connectivity index (χ2v) is 6.35. The Bertz CT molecular complexity index is 1110. The molecule has 0 bridgehead atoms. The van der Waals surface area contributed by atoms with Gasteiger partial charge in [-0.15, -0.1) is 0 Å². The molecule has 0 atom stereocenters. The van der Waals surface area contributed by atoms with E-state index in [9.17, 15) is 4.79 Å². The molecule has 2 N–H and O–H groups in total. The van der Waals surface area contributed by atoms with Crippen molar-refractivity contribution in [1.82, 2.24) is 4.98 Å². The number of fused-ring (bicyclic) bond motifs is 1. The molecule has 28 heavy (non-hydrogen) atoms. The van der Waals surface area contributed by atoms with Gasteiger partial charge < -0.3 is 4.74 Å². The van der Waals surface area contributed by atoms with Gasteiger partial charge in [0.1, 0.15) is 12.4 Å². The second-order valence-electron chi connectivity index (χ2n) is 6.35. The van der Waals surface area contributed by atoms with Crippen molar-refractivity contribution < 1.29 is 9.53 Å². The summed E-state index contributed by atoms with van der Waals surface area (Å²) in [6.07, 6.45) is 3.63. The highest BCUT2D eigenvalue weighted by molar-refractivity contribution is 6.05. The number of anilines is 1. The number of ether oxygens (including phenoxy) is 1. The number of carbonyl (C=O) groups is 1. The Morgan fingerprint density at radius 3 is 2.57 bits per heavy atom. The molecular weight excluding hydrogens is 350 g/mol. The van der Waals surface area contributed by atoms with Gasteiger partial charge in [0.05, 0.1) is 5.69 Å². The monoisotopic (exact) mass is 369 g/mol. The van der Waals surface area contributed by atoms with Crippen LogP contribution in [0.2, 0.25) is 0 Å². The van der Waals surface area contributed by atoms with E-state index in [0.29, 0.717) is 23.6 Å². The smallest absolute Gasteiger partial charge is 0.272 e. The van der Waals surface area contributed by atoms with Crippen LogP contribution >= 0.6 is 0 Å². The Labute approximate surface area is 163 Å². The zero-order chi connectivity index (χ0) is 19.3. The number of benzene rings is 3. The summed E-state index contributed by atoms with van der Waals surface area (Å²) in [5, 5.41) is 3.30. The molecule has 1 amide bonds. The lowest BCUT2D eigenvalue weighted by atomic mass is 10.1. The largest absolute Gasteiger partial charge is 0.489 e. The summed E-state index contributed by atoms with van der Waals surface area (Å²) in [5.41, 5.74) is 2.07. The number of nitrogens with two attached hydrogens (primary N) is 1. The summed E-state index contributed by atoms with van der Waals surface area (Å²) in [7, 11) is 0. The third-order valence-electron chi connectivity index (χ3n) is 4.48. The lowest BCUT2D eigenvalue weighted by Gasteiger charge is -2.17. The average molecular weight is 369 g/mol. The van der Waals surface area contributed by atoms with Gasteiger partial charge in [-0.05, 0) is 35.7 Å². The number of hydrazine groups is 1. The Balaban J connectivity index is 1.52. The maximum absolute atomic E-state index is 12.7. The fourth-order valence-corrected chi connectivity index (χ4v) is 3.02. The SMILES string of the molecule is NN(C(=O)c1cccc(OCc2cncc3ccccc23)c1)c1ccccc1. The number of amides is 1. The van der Waals surface area contributed by atoms with Crippen LogP contribution in [0.3, 0.4) is 0 Å². The highest BCUT2D eigenvalue weighted by Gasteiger charge is 2.15. The van der Waals surface area contributed by atoms with Gasteiger partial charge >= 0.3 is 0 Å². The van der Waals surface area contributed by atoms with Crippen molar-refractivity contribution in [3.63, 3.8) is 0 Å². The Morgan fingerprint density at radius 2 is 1.71 bits per heavy atom. The Morgan fingerprint density at radius 1 is 0.929 bits per heavy atom. The van der Waals surface area contributed by atoms with E-state index in [1.165, 1.54) is 0 Å². The van der Waals surface area contributed by atoms with Crippen LogP contribution in [0.1, 0.15) is 15.9 Å². The second kappa shape index (κ2) is 7.90. The van der Waals surface area contributed by atoms with Crippen LogP contribution < -0.4 is 15.6 Å². The average Bonchev–Trinajstić information content (AvgIpc) is 2.77. The van der Waals surface area contributed by atoms with Gasteiger partial charge in [0.2, 0.25) is 0 Å². The highest BCUT2D eigenvalue weighted by Crippen LogP contribution is 2.21. The number of hydrogen-bond acceptors (Lipinski definition) is 4. The molecule has 138 valence electrons. The van der Waals surface area contributed by atoms with Crippen molar-refractivity contribution >= 4 is 22.4 Å². The number of nitrogens with zero attached hydrogens (tertiary/aromatic N) is 2. The first-order valence-electron chi connectivity index (χ1n) is 8.91. The minimum Gasteiger partial charge on any atom is -0.489 e. The summed E-state index contributed by atoms with van der Waals surface area (Å²) in [6, 6.07) is 24.2. The summed E-state index contributed by atoms with van der Waals surface area (Å²) >= 11 is 0. The molecular formula is C23H19N3O2. The van der Waals surface area contributed by atoms with Crippen molar-refractivity contribution in [1.29, 1.82) is 0 Å². The van der Waals surface area contributed by atoms with Crippen LogP contribution in [0.5, 0.6) is 5.75 Å². The van der Waals surface area contributed by atoms with Crippen molar-refractivity contribution in [2.45, 2.75) is 6.61 Å². The standard InChI is InChI=1S/C23H19N3O2/c24-26(20-9-2-1-3-10-20)23(27)17-8-6-11-21(13-17)28-16-19-15-25-14-18-7-4-5-12-22(18)19/h1-15H,16,24H2. The van der Waals surface area contributed by atoms with Crippen molar-refractivity contribution in [2.75, 3.05) is 5.01 Å².